The van der Waals surface area contributed by atoms with E-state index in [1.54, 1.807) is 26.0 Å². The lowest BCUT2D eigenvalue weighted by atomic mass is 9.49. The van der Waals surface area contributed by atoms with Gasteiger partial charge in [-0.25, -0.2) is 0 Å². The molecule has 45 heavy (non-hydrogen) atoms. The summed E-state index contributed by atoms with van der Waals surface area (Å²) in [6.07, 6.45) is 6.38. The number of halogens is 1. The molecule has 2 atom stereocenters. The van der Waals surface area contributed by atoms with E-state index in [2.05, 4.69) is 21.2 Å². The summed E-state index contributed by atoms with van der Waals surface area (Å²) in [5.41, 5.74) is 6.38. The Morgan fingerprint density at radius 1 is 1.02 bits per heavy atom. The predicted octanol–water partition coefficient (Wildman–Crippen LogP) is 5.79. The van der Waals surface area contributed by atoms with Crippen LogP contribution in [0.15, 0.2) is 59.1 Å². The van der Waals surface area contributed by atoms with E-state index in [9.17, 15) is 9.59 Å². The highest BCUT2D eigenvalue weighted by Gasteiger charge is 2.57. The fourth-order valence-corrected chi connectivity index (χ4v) is 9.74. The van der Waals surface area contributed by atoms with Crippen molar-refractivity contribution < 1.29 is 19.1 Å². The molecule has 0 saturated heterocycles. The van der Waals surface area contributed by atoms with Crippen LogP contribution in [-0.2, 0) is 20.9 Å². The van der Waals surface area contributed by atoms with Gasteiger partial charge in [-0.3, -0.25) is 14.4 Å². The number of benzene rings is 3. The zero-order valence-electron chi connectivity index (χ0n) is 26.1. The third kappa shape index (κ3) is 4.85. The minimum atomic E-state index is -1.40. The highest BCUT2D eigenvalue weighted by molar-refractivity contribution is 9.10. The fourth-order valence-electron chi connectivity index (χ4n) is 9.36. The van der Waals surface area contributed by atoms with Crippen molar-refractivity contribution in [1.82, 2.24) is 5.32 Å². The maximum atomic E-state index is 15.0. The predicted molar refractivity (Wildman–Crippen MR) is 179 cm³/mol. The number of amides is 3. The van der Waals surface area contributed by atoms with Crippen LogP contribution in [0.2, 0.25) is 0 Å². The standard InChI is InChI=1S/C36H41BrN4O4/c1-35(39-2,33(38)43)28-20-41(34(44)36-16-21-12-22(17-36)14-23(13-21)18-36)30-7-5-4-6-29(30)40(32(28)42)19-27-26-10-9-25(37)15-24(26)8-11-31(27)45-3/h4-11,15,21-23,28,39H,12-14,16-20H2,1-3H3,(H2,38,43)/t21?,22?,23?,28-,35?,36?/m1/s1. The number of fused-ring (bicyclic) bond motifs is 2. The van der Waals surface area contributed by atoms with E-state index in [0.717, 1.165) is 40.1 Å². The van der Waals surface area contributed by atoms with E-state index in [4.69, 9.17) is 10.5 Å². The molecule has 1 unspecified atom stereocenters. The van der Waals surface area contributed by atoms with Crippen LogP contribution in [0.5, 0.6) is 5.75 Å². The summed E-state index contributed by atoms with van der Waals surface area (Å²) in [7, 11) is 3.28. The van der Waals surface area contributed by atoms with Crippen LogP contribution in [0.3, 0.4) is 0 Å². The SMILES string of the molecule is CNC(C)(C(N)=O)[C@@H]1CN(C(=O)C23CC4CC(CC(C4)C2)C3)c2ccccc2N(Cc2c(OC)ccc3cc(Br)ccc23)C1=O. The second kappa shape index (κ2) is 11.1. The van der Waals surface area contributed by atoms with Gasteiger partial charge >= 0.3 is 0 Å². The monoisotopic (exact) mass is 672 g/mol. The van der Waals surface area contributed by atoms with Crippen molar-refractivity contribution >= 4 is 55.8 Å². The molecule has 3 amide bonds. The number of hydrogen-bond donors (Lipinski definition) is 2. The van der Waals surface area contributed by atoms with Crippen LogP contribution in [0.4, 0.5) is 11.4 Å². The number of carbonyl (C=O) groups is 3. The number of nitrogens with zero attached hydrogens (tertiary/aromatic N) is 2. The number of anilines is 2. The number of para-hydroxylation sites is 2. The molecule has 4 saturated carbocycles. The molecule has 4 bridgehead atoms. The van der Waals surface area contributed by atoms with Crippen molar-refractivity contribution in [3.63, 3.8) is 0 Å². The minimum absolute atomic E-state index is 0.0623. The third-order valence-electron chi connectivity index (χ3n) is 11.4. The number of ether oxygens (including phenoxy) is 1. The summed E-state index contributed by atoms with van der Waals surface area (Å²) in [5.74, 6) is 0.669. The summed E-state index contributed by atoms with van der Waals surface area (Å²) in [6.45, 7) is 1.93. The molecule has 8 nitrogen and oxygen atoms in total. The van der Waals surface area contributed by atoms with Crippen LogP contribution in [0.25, 0.3) is 10.8 Å². The minimum Gasteiger partial charge on any atom is -0.496 e. The molecule has 3 aromatic carbocycles. The lowest BCUT2D eigenvalue weighted by molar-refractivity contribution is -0.144. The smallest absolute Gasteiger partial charge is 0.238 e. The number of rotatable bonds is 7. The van der Waals surface area contributed by atoms with Crippen LogP contribution in [-0.4, -0.2) is 44.0 Å². The third-order valence-corrected chi connectivity index (χ3v) is 11.9. The van der Waals surface area contributed by atoms with E-state index in [1.807, 2.05) is 59.5 Å². The van der Waals surface area contributed by atoms with Gasteiger partial charge in [0.2, 0.25) is 17.7 Å². The molecule has 4 fully saturated rings. The van der Waals surface area contributed by atoms with Crippen molar-refractivity contribution in [1.29, 1.82) is 0 Å². The Labute approximate surface area is 272 Å². The molecule has 3 aromatic rings. The van der Waals surface area contributed by atoms with Crippen molar-refractivity contribution in [2.24, 2.45) is 34.8 Å². The van der Waals surface area contributed by atoms with Gasteiger partial charge in [-0.15, -0.1) is 0 Å². The van der Waals surface area contributed by atoms with Gasteiger partial charge < -0.3 is 25.6 Å². The fraction of sp³-hybridized carbons (Fsp3) is 0.472. The van der Waals surface area contributed by atoms with Gasteiger partial charge in [0.25, 0.3) is 0 Å². The molecule has 0 aromatic heterocycles. The molecule has 1 heterocycles. The molecule has 9 heteroatoms. The van der Waals surface area contributed by atoms with Crippen LogP contribution in [0, 0.1) is 29.1 Å². The molecular weight excluding hydrogens is 632 g/mol. The number of likely N-dealkylation sites (N-methyl/N-ethyl adjacent to an activating group) is 1. The molecule has 4 aliphatic carbocycles. The van der Waals surface area contributed by atoms with E-state index >= 15 is 4.79 Å². The molecule has 5 aliphatic rings. The van der Waals surface area contributed by atoms with Gasteiger partial charge in [0, 0.05) is 16.6 Å². The lowest BCUT2D eigenvalue weighted by Crippen LogP contribution is -2.64. The number of primary amides is 1. The summed E-state index contributed by atoms with van der Waals surface area (Å²) in [4.78, 5) is 46.6. The Kier molecular flexibility index (Phi) is 7.47. The number of methoxy groups -OCH3 is 1. The van der Waals surface area contributed by atoms with Gasteiger partial charge in [-0.1, -0.05) is 40.2 Å². The van der Waals surface area contributed by atoms with Crippen molar-refractivity contribution in [3.8, 4) is 5.75 Å². The number of hydrogen-bond acceptors (Lipinski definition) is 5. The second-order valence-electron chi connectivity index (χ2n) is 14.0. The molecule has 8 rings (SSSR count). The largest absolute Gasteiger partial charge is 0.496 e. The second-order valence-corrected chi connectivity index (χ2v) is 14.9. The number of carbonyl (C=O) groups excluding carboxylic acids is 3. The van der Waals surface area contributed by atoms with E-state index in [1.165, 1.54) is 19.3 Å². The molecule has 236 valence electrons. The van der Waals surface area contributed by atoms with Gasteiger partial charge in [-0.05, 0) is 111 Å². The first-order valence-electron chi connectivity index (χ1n) is 16.0. The Balaban J connectivity index is 1.38. The maximum Gasteiger partial charge on any atom is 0.238 e. The summed E-state index contributed by atoms with van der Waals surface area (Å²) < 4.78 is 6.78. The Bertz CT molecular complexity index is 1670. The van der Waals surface area contributed by atoms with E-state index < -0.39 is 22.8 Å². The molecular formula is C36H41BrN4O4. The highest BCUT2D eigenvalue weighted by Crippen LogP contribution is 2.61. The molecule has 1 aliphatic heterocycles. The summed E-state index contributed by atoms with van der Waals surface area (Å²) >= 11 is 3.58. The Morgan fingerprint density at radius 2 is 1.67 bits per heavy atom. The van der Waals surface area contributed by atoms with E-state index in [0.29, 0.717) is 34.9 Å². The number of nitrogens with two attached hydrogens (primary N) is 1. The first-order chi connectivity index (χ1) is 21.6. The van der Waals surface area contributed by atoms with Gasteiger partial charge in [0.15, 0.2) is 0 Å². The average molecular weight is 674 g/mol. The normalized spacial score (nSPS) is 28.5. The number of nitrogens with one attached hydrogen (secondary N) is 1. The first kappa shape index (κ1) is 30.2. The van der Waals surface area contributed by atoms with Crippen LogP contribution < -0.4 is 25.6 Å². The van der Waals surface area contributed by atoms with Gasteiger partial charge in [0.05, 0.1) is 36.4 Å². The molecule has 0 spiro atoms. The van der Waals surface area contributed by atoms with Crippen LogP contribution >= 0.6 is 15.9 Å². The van der Waals surface area contributed by atoms with E-state index in [-0.39, 0.29) is 24.9 Å². The molecule has 0 radical (unpaired) electrons. The maximum absolute atomic E-state index is 15.0. The highest BCUT2D eigenvalue weighted by atomic mass is 79.9. The topological polar surface area (TPSA) is 105 Å². The van der Waals surface area contributed by atoms with Crippen molar-refractivity contribution in [3.05, 3.63) is 64.6 Å². The van der Waals surface area contributed by atoms with Gasteiger partial charge in [-0.2, -0.15) is 0 Å². The Morgan fingerprint density at radius 3 is 2.27 bits per heavy atom. The first-order valence-corrected chi connectivity index (χ1v) is 16.8. The quantitative estimate of drug-likeness (QED) is 0.331. The lowest BCUT2D eigenvalue weighted by Gasteiger charge is -2.56. The van der Waals surface area contributed by atoms with Crippen LogP contribution in [0.1, 0.15) is 51.0 Å². The summed E-state index contributed by atoms with van der Waals surface area (Å²) in [6, 6.07) is 17.6. The zero-order chi connectivity index (χ0) is 31.7. The Hall–Kier alpha value is -3.43. The molecule has 3 N–H and O–H groups in total. The van der Waals surface area contributed by atoms with Gasteiger partial charge in [0.1, 0.15) is 11.3 Å². The average Bonchev–Trinajstić information content (AvgIpc) is 3.14. The van der Waals surface area contributed by atoms with Crippen molar-refractivity contribution in [2.75, 3.05) is 30.5 Å². The van der Waals surface area contributed by atoms with Crippen molar-refractivity contribution in [2.45, 2.75) is 57.5 Å². The summed E-state index contributed by atoms with van der Waals surface area (Å²) in [5, 5.41) is 5.04. The zero-order valence-corrected chi connectivity index (χ0v) is 27.7.